The molecule has 2 atom stereocenters. The average molecular weight is 466 g/mol. The summed E-state index contributed by atoms with van der Waals surface area (Å²) in [7, 11) is 0. The lowest BCUT2D eigenvalue weighted by Gasteiger charge is -2.23. The molecular formula is C20H27N5O4S2. The number of aromatic nitrogens is 2. The number of carbonyl (C=O) groups excluding carboxylic acids is 2. The van der Waals surface area contributed by atoms with Crippen molar-refractivity contribution in [2.75, 3.05) is 35.5 Å². The number of thioether (sulfide) groups is 2. The number of carboxylic acids is 1. The highest BCUT2D eigenvalue weighted by Gasteiger charge is 2.32. The number of aliphatic carboxylic acids is 1. The second-order valence-corrected chi connectivity index (χ2v) is 9.14. The Balaban J connectivity index is 1.71. The third-order valence-electron chi connectivity index (χ3n) is 5.12. The number of nitrogens with one attached hydrogen (secondary N) is 2. The van der Waals surface area contributed by atoms with E-state index in [4.69, 9.17) is 0 Å². The summed E-state index contributed by atoms with van der Waals surface area (Å²) in [5, 5.41) is 14.8. The molecule has 168 valence electrons. The van der Waals surface area contributed by atoms with Crippen LogP contribution in [0.3, 0.4) is 0 Å². The summed E-state index contributed by atoms with van der Waals surface area (Å²) in [5.74, 6) is 0.253. The molecule has 0 radical (unpaired) electrons. The van der Waals surface area contributed by atoms with E-state index in [0.29, 0.717) is 43.4 Å². The van der Waals surface area contributed by atoms with Gasteiger partial charge in [-0.15, -0.1) is 0 Å². The predicted octanol–water partition coefficient (Wildman–Crippen LogP) is 2.01. The van der Waals surface area contributed by atoms with Crippen molar-refractivity contribution in [1.82, 2.24) is 20.2 Å². The second kappa shape index (κ2) is 10.8. The standard InChI is InChI=1S/C20H27N5O4S2/c1-30-11-7-14(17(26)21-15(18(27)28)8-12-31-2)23-20(29)25-10-9-24-16-6-4-3-5-13(16)22-19(24)25/h3-6,14-15H,7-12H2,1-2H3,(H,21,26)(H,23,29)(H,27,28). The van der Waals surface area contributed by atoms with Crippen LogP contribution in [0.1, 0.15) is 12.8 Å². The Morgan fingerprint density at radius 3 is 2.42 bits per heavy atom. The number of imidazole rings is 1. The number of nitrogens with zero attached hydrogens (tertiary/aromatic N) is 3. The van der Waals surface area contributed by atoms with E-state index in [0.717, 1.165) is 11.0 Å². The summed E-state index contributed by atoms with van der Waals surface area (Å²) < 4.78 is 1.98. The van der Waals surface area contributed by atoms with Gasteiger partial charge in [-0.3, -0.25) is 9.69 Å². The highest BCUT2D eigenvalue weighted by atomic mass is 32.2. The first kappa shape index (κ1) is 23.3. The van der Waals surface area contributed by atoms with Crippen molar-refractivity contribution in [2.24, 2.45) is 0 Å². The van der Waals surface area contributed by atoms with Gasteiger partial charge in [-0.25, -0.2) is 14.6 Å². The molecule has 1 aliphatic heterocycles. The number of hydrogen-bond acceptors (Lipinski definition) is 6. The Kier molecular flexibility index (Phi) is 8.08. The predicted molar refractivity (Wildman–Crippen MR) is 125 cm³/mol. The molecule has 1 aliphatic rings. The number of benzene rings is 1. The van der Waals surface area contributed by atoms with Crippen LogP contribution in [0, 0.1) is 0 Å². The number of fused-ring (bicyclic) bond motifs is 3. The van der Waals surface area contributed by atoms with Crippen LogP contribution in [0.4, 0.5) is 10.7 Å². The molecule has 3 amide bonds. The van der Waals surface area contributed by atoms with Gasteiger partial charge in [0.15, 0.2) is 0 Å². The van der Waals surface area contributed by atoms with Crippen LogP contribution >= 0.6 is 23.5 Å². The minimum absolute atomic E-state index is 0.321. The van der Waals surface area contributed by atoms with Gasteiger partial charge in [-0.05, 0) is 49.0 Å². The molecule has 0 saturated heterocycles. The average Bonchev–Trinajstić information content (AvgIpc) is 3.32. The number of urea groups is 1. The van der Waals surface area contributed by atoms with Crippen molar-refractivity contribution in [2.45, 2.75) is 31.5 Å². The molecule has 1 aromatic carbocycles. The van der Waals surface area contributed by atoms with Crippen LogP contribution in [0.2, 0.25) is 0 Å². The number of carbonyl (C=O) groups is 3. The molecule has 0 bridgehead atoms. The van der Waals surface area contributed by atoms with Crippen LogP contribution in [0.25, 0.3) is 11.0 Å². The van der Waals surface area contributed by atoms with Crippen LogP contribution in [0.5, 0.6) is 0 Å². The van der Waals surface area contributed by atoms with E-state index in [9.17, 15) is 19.5 Å². The van der Waals surface area contributed by atoms with Gasteiger partial charge >= 0.3 is 12.0 Å². The number of amides is 3. The van der Waals surface area contributed by atoms with Crippen LogP contribution < -0.4 is 15.5 Å². The van der Waals surface area contributed by atoms with Crippen molar-refractivity contribution in [1.29, 1.82) is 0 Å². The van der Waals surface area contributed by atoms with Crippen LogP contribution in [-0.2, 0) is 16.1 Å². The first-order valence-corrected chi connectivity index (χ1v) is 12.8. The van der Waals surface area contributed by atoms with Crippen LogP contribution in [-0.4, -0.2) is 75.2 Å². The largest absolute Gasteiger partial charge is 0.480 e. The Labute approximate surface area is 189 Å². The van der Waals surface area contributed by atoms with Crippen LogP contribution in [0.15, 0.2) is 24.3 Å². The zero-order valence-corrected chi connectivity index (χ0v) is 19.2. The van der Waals surface area contributed by atoms with E-state index in [1.807, 2.05) is 41.3 Å². The number of carboxylic acid groups (broad SMARTS) is 1. The summed E-state index contributed by atoms with van der Waals surface area (Å²) in [4.78, 5) is 43.4. The molecule has 0 spiro atoms. The highest BCUT2D eigenvalue weighted by molar-refractivity contribution is 7.98. The molecule has 1 aromatic heterocycles. The maximum absolute atomic E-state index is 13.0. The lowest BCUT2D eigenvalue weighted by atomic mass is 10.1. The fourth-order valence-corrected chi connectivity index (χ4v) is 4.42. The highest BCUT2D eigenvalue weighted by Crippen LogP contribution is 2.27. The molecule has 2 heterocycles. The molecule has 31 heavy (non-hydrogen) atoms. The minimum Gasteiger partial charge on any atom is -0.480 e. The Bertz CT molecular complexity index is 951. The Morgan fingerprint density at radius 2 is 1.74 bits per heavy atom. The maximum atomic E-state index is 13.0. The molecule has 0 aliphatic carbocycles. The molecule has 0 fully saturated rings. The summed E-state index contributed by atoms with van der Waals surface area (Å²) in [6, 6.07) is 5.46. The van der Waals surface area contributed by atoms with E-state index in [2.05, 4.69) is 15.6 Å². The number of para-hydroxylation sites is 2. The van der Waals surface area contributed by atoms with Crippen molar-refractivity contribution in [3.63, 3.8) is 0 Å². The van der Waals surface area contributed by atoms with Crippen molar-refractivity contribution in [3.8, 4) is 0 Å². The van der Waals surface area contributed by atoms with E-state index in [1.165, 1.54) is 16.7 Å². The Hall–Kier alpha value is -2.40. The lowest BCUT2D eigenvalue weighted by molar-refractivity contribution is -0.142. The number of anilines is 1. The third kappa shape index (κ3) is 5.45. The molecule has 11 heteroatoms. The van der Waals surface area contributed by atoms with Gasteiger partial charge in [0.25, 0.3) is 0 Å². The quantitative estimate of drug-likeness (QED) is 0.491. The number of hydrogen-bond donors (Lipinski definition) is 3. The van der Waals surface area contributed by atoms with E-state index in [-0.39, 0.29) is 0 Å². The summed E-state index contributed by atoms with van der Waals surface area (Å²) in [5.41, 5.74) is 1.77. The fraction of sp³-hybridized carbons (Fsp3) is 0.500. The molecule has 3 N–H and O–H groups in total. The van der Waals surface area contributed by atoms with Gasteiger partial charge in [0.05, 0.1) is 11.0 Å². The first-order valence-electron chi connectivity index (χ1n) is 10.0. The third-order valence-corrected chi connectivity index (χ3v) is 6.41. The van der Waals surface area contributed by atoms with Gasteiger partial charge < -0.3 is 20.3 Å². The van der Waals surface area contributed by atoms with Gasteiger partial charge in [0.1, 0.15) is 12.1 Å². The zero-order chi connectivity index (χ0) is 22.4. The SMILES string of the molecule is CSCCC(NC(=O)C(CCSC)NC(=O)N1CCn2c1nc1ccccc12)C(=O)O. The van der Waals surface area contributed by atoms with Gasteiger partial charge in [-0.1, -0.05) is 12.1 Å². The topological polar surface area (TPSA) is 117 Å². The molecule has 2 aromatic rings. The van der Waals surface area contributed by atoms with Crippen molar-refractivity contribution < 1.29 is 19.5 Å². The molecule has 3 rings (SSSR count). The van der Waals surface area contributed by atoms with Crippen molar-refractivity contribution in [3.05, 3.63) is 24.3 Å². The van der Waals surface area contributed by atoms with E-state index < -0.39 is 30.0 Å². The molecular weight excluding hydrogens is 438 g/mol. The summed E-state index contributed by atoms with van der Waals surface area (Å²) in [6.07, 6.45) is 4.52. The normalized spacial score (nSPS) is 14.8. The van der Waals surface area contributed by atoms with E-state index in [1.54, 1.807) is 11.8 Å². The minimum atomic E-state index is -1.08. The van der Waals surface area contributed by atoms with Crippen molar-refractivity contribution >= 4 is 58.4 Å². The number of rotatable bonds is 10. The molecule has 0 saturated carbocycles. The molecule has 2 unspecified atom stereocenters. The fourth-order valence-electron chi connectivity index (χ4n) is 3.48. The smallest absolute Gasteiger partial charge is 0.326 e. The summed E-state index contributed by atoms with van der Waals surface area (Å²) >= 11 is 3.07. The monoisotopic (exact) mass is 465 g/mol. The Morgan fingerprint density at radius 1 is 1.06 bits per heavy atom. The zero-order valence-electron chi connectivity index (χ0n) is 17.5. The lowest BCUT2D eigenvalue weighted by Crippen LogP contribution is -2.54. The molecule has 9 nitrogen and oxygen atoms in total. The van der Waals surface area contributed by atoms with Gasteiger partial charge in [-0.2, -0.15) is 23.5 Å². The maximum Gasteiger partial charge on any atom is 0.326 e. The first-order chi connectivity index (χ1) is 15.0. The second-order valence-electron chi connectivity index (χ2n) is 7.17. The summed E-state index contributed by atoms with van der Waals surface area (Å²) in [6.45, 7) is 1.09. The van der Waals surface area contributed by atoms with E-state index >= 15 is 0 Å². The van der Waals surface area contributed by atoms with Gasteiger partial charge in [0.2, 0.25) is 11.9 Å². The van der Waals surface area contributed by atoms with Gasteiger partial charge in [0, 0.05) is 13.1 Å².